The molecule has 0 saturated heterocycles. The van der Waals surface area contributed by atoms with Crippen LogP contribution in [0, 0.1) is 11.8 Å². The van der Waals surface area contributed by atoms with Gasteiger partial charge in [-0.15, -0.1) is 10.2 Å². The average molecular weight is 233 g/mol. The molecule has 1 unspecified atom stereocenters. The summed E-state index contributed by atoms with van der Waals surface area (Å²) in [6.45, 7) is 4.54. The van der Waals surface area contributed by atoms with E-state index in [2.05, 4.69) is 24.0 Å². The topological polar surface area (TPSA) is 30.7 Å². The van der Waals surface area contributed by atoms with E-state index in [1.807, 2.05) is 0 Å². The van der Waals surface area contributed by atoms with E-state index in [4.69, 9.17) is 0 Å². The largest absolute Gasteiger partial charge is 0.451 e. The Kier molecular flexibility index (Phi) is 2.67. The molecule has 6 heteroatoms. The third-order valence-electron chi connectivity index (χ3n) is 3.19. The molecular formula is C10H14F3N3. The first-order valence-corrected chi connectivity index (χ1v) is 5.39. The fourth-order valence-corrected chi connectivity index (χ4v) is 2.13. The van der Waals surface area contributed by atoms with Gasteiger partial charge in [0.1, 0.15) is 5.82 Å². The lowest BCUT2D eigenvalue weighted by Gasteiger charge is -2.26. The summed E-state index contributed by atoms with van der Waals surface area (Å²) < 4.78 is 38.8. The maximum Gasteiger partial charge on any atom is 0.451 e. The lowest BCUT2D eigenvalue weighted by molar-refractivity contribution is -0.147. The van der Waals surface area contributed by atoms with Crippen LogP contribution in [0.25, 0.3) is 0 Å². The first-order valence-electron chi connectivity index (χ1n) is 5.39. The first-order chi connectivity index (χ1) is 7.39. The van der Waals surface area contributed by atoms with Gasteiger partial charge in [0.2, 0.25) is 5.82 Å². The summed E-state index contributed by atoms with van der Waals surface area (Å²) in [6.07, 6.45) is -3.03. The summed E-state index contributed by atoms with van der Waals surface area (Å²) >= 11 is 0. The van der Waals surface area contributed by atoms with Crippen LogP contribution in [-0.4, -0.2) is 14.8 Å². The molecule has 0 bridgehead atoms. The van der Waals surface area contributed by atoms with Crippen molar-refractivity contribution < 1.29 is 13.2 Å². The molecule has 16 heavy (non-hydrogen) atoms. The molecule has 0 fully saturated rings. The smallest absolute Gasteiger partial charge is 0.307 e. The summed E-state index contributed by atoms with van der Waals surface area (Å²) in [5, 5.41) is 6.90. The molecule has 1 aliphatic rings. The van der Waals surface area contributed by atoms with E-state index in [1.54, 1.807) is 0 Å². The average Bonchev–Trinajstić information content (AvgIpc) is 2.58. The lowest BCUT2D eigenvalue weighted by atomic mass is 9.87. The van der Waals surface area contributed by atoms with Gasteiger partial charge in [-0.1, -0.05) is 13.8 Å². The standard InChI is InChI=1S/C10H14F3N3/c1-6(2)7-3-4-16-8(5-7)14-15-9(16)10(11,12)13/h6-7H,3-5H2,1-2H3. The minimum atomic E-state index is -4.39. The van der Waals surface area contributed by atoms with Gasteiger partial charge in [0, 0.05) is 13.0 Å². The fourth-order valence-electron chi connectivity index (χ4n) is 2.13. The van der Waals surface area contributed by atoms with E-state index < -0.39 is 12.0 Å². The highest BCUT2D eigenvalue weighted by molar-refractivity contribution is 5.03. The first kappa shape index (κ1) is 11.4. The molecule has 0 N–H and O–H groups in total. The minimum absolute atomic E-state index is 0.375. The molecule has 2 heterocycles. The predicted octanol–water partition coefficient (Wildman–Crippen LogP) is 2.52. The van der Waals surface area contributed by atoms with Crippen molar-refractivity contribution in [1.82, 2.24) is 14.8 Å². The maximum atomic E-state index is 12.5. The molecule has 1 atom stereocenters. The number of aromatic nitrogens is 3. The van der Waals surface area contributed by atoms with Gasteiger partial charge in [0.15, 0.2) is 0 Å². The highest BCUT2D eigenvalue weighted by Gasteiger charge is 2.39. The van der Waals surface area contributed by atoms with Crippen molar-refractivity contribution in [2.45, 2.75) is 39.4 Å². The molecule has 3 nitrogen and oxygen atoms in total. The van der Waals surface area contributed by atoms with E-state index >= 15 is 0 Å². The van der Waals surface area contributed by atoms with Crippen LogP contribution in [0.5, 0.6) is 0 Å². The van der Waals surface area contributed by atoms with Gasteiger partial charge in [0.25, 0.3) is 0 Å². The Morgan fingerprint density at radius 2 is 2.00 bits per heavy atom. The van der Waals surface area contributed by atoms with E-state index in [1.165, 1.54) is 4.57 Å². The normalized spacial score (nSPS) is 21.2. The van der Waals surface area contributed by atoms with Gasteiger partial charge in [-0.3, -0.25) is 0 Å². The van der Waals surface area contributed by atoms with Crippen LogP contribution in [0.15, 0.2) is 0 Å². The highest BCUT2D eigenvalue weighted by atomic mass is 19.4. The van der Waals surface area contributed by atoms with Gasteiger partial charge in [-0.2, -0.15) is 13.2 Å². The second-order valence-corrected chi connectivity index (χ2v) is 4.59. The molecule has 0 amide bonds. The Bertz CT molecular complexity index is 381. The van der Waals surface area contributed by atoms with Gasteiger partial charge < -0.3 is 4.57 Å². The van der Waals surface area contributed by atoms with Crippen molar-refractivity contribution in [3.8, 4) is 0 Å². The van der Waals surface area contributed by atoms with E-state index in [9.17, 15) is 13.2 Å². The Labute approximate surface area is 91.7 Å². The number of nitrogens with zero attached hydrogens (tertiary/aromatic N) is 3. The molecule has 1 aromatic rings. The summed E-state index contributed by atoms with van der Waals surface area (Å²) in [5.41, 5.74) is 0. The fraction of sp³-hybridized carbons (Fsp3) is 0.800. The Hall–Kier alpha value is -1.07. The molecular weight excluding hydrogens is 219 g/mol. The molecule has 0 saturated carbocycles. The molecule has 0 aliphatic carbocycles. The minimum Gasteiger partial charge on any atom is -0.307 e. The summed E-state index contributed by atoms with van der Waals surface area (Å²) in [5.74, 6) is 0.500. The van der Waals surface area contributed by atoms with Crippen LogP contribution >= 0.6 is 0 Å². The third-order valence-corrected chi connectivity index (χ3v) is 3.19. The van der Waals surface area contributed by atoms with Gasteiger partial charge in [-0.05, 0) is 18.3 Å². The van der Waals surface area contributed by atoms with Crippen molar-refractivity contribution in [2.75, 3.05) is 0 Å². The summed E-state index contributed by atoms with van der Waals surface area (Å²) in [7, 11) is 0. The van der Waals surface area contributed by atoms with Crippen molar-refractivity contribution in [1.29, 1.82) is 0 Å². The van der Waals surface area contributed by atoms with Gasteiger partial charge in [-0.25, -0.2) is 0 Å². The zero-order valence-corrected chi connectivity index (χ0v) is 9.25. The van der Waals surface area contributed by atoms with Gasteiger partial charge in [0.05, 0.1) is 0 Å². The monoisotopic (exact) mass is 233 g/mol. The van der Waals surface area contributed by atoms with Crippen LogP contribution in [-0.2, 0) is 19.1 Å². The lowest BCUT2D eigenvalue weighted by Crippen LogP contribution is -2.26. The SMILES string of the molecule is CC(C)C1CCn2c(nnc2C(F)(F)F)C1. The van der Waals surface area contributed by atoms with Crippen molar-refractivity contribution in [3.05, 3.63) is 11.6 Å². The van der Waals surface area contributed by atoms with Crippen LogP contribution in [0.2, 0.25) is 0 Å². The van der Waals surface area contributed by atoms with Crippen LogP contribution in [0.1, 0.15) is 31.9 Å². The maximum absolute atomic E-state index is 12.5. The number of alkyl halides is 3. The molecule has 0 radical (unpaired) electrons. The van der Waals surface area contributed by atoms with E-state index in [0.717, 1.165) is 6.42 Å². The summed E-state index contributed by atoms with van der Waals surface area (Å²) in [4.78, 5) is 0. The molecule has 0 spiro atoms. The quantitative estimate of drug-likeness (QED) is 0.746. The number of rotatable bonds is 1. The zero-order valence-electron chi connectivity index (χ0n) is 9.25. The molecule has 1 aromatic heterocycles. The highest BCUT2D eigenvalue weighted by Crippen LogP contribution is 2.32. The number of hydrogen-bond donors (Lipinski definition) is 0. The van der Waals surface area contributed by atoms with Crippen LogP contribution < -0.4 is 0 Å². The predicted molar refractivity (Wildman–Crippen MR) is 51.7 cm³/mol. The Balaban J connectivity index is 2.27. The molecule has 2 rings (SSSR count). The number of fused-ring (bicyclic) bond motifs is 1. The number of hydrogen-bond acceptors (Lipinski definition) is 2. The Morgan fingerprint density at radius 1 is 1.31 bits per heavy atom. The summed E-state index contributed by atoms with van der Waals surface area (Å²) in [6, 6.07) is 0. The van der Waals surface area contributed by atoms with Crippen molar-refractivity contribution >= 4 is 0 Å². The van der Waals surface area contributed by atoms with Crippen molar-refractivity contribution in [3.63, 3.8) is 0 Å². The molecule has 0 aromatic carbocycles. The Morgan fingerprint density at radius 3 is 2.56 bits per heavy atom. The third kappa shape index (κ3) is 1.92. The zero-order chi connectivity index (χ0) is 11.9. The van der Waals surface area contributed by atoms with Crippen molar-refractivity contribution in [2.24, 2.45) is 11.8 Å². The van der Waals surface area contributed by atoms with E-state index in [0.29, 0.717) is 30.6 Å². The molecule has 90 valence electrons. The van der Waals surface area contributed by atoms with Gasteiger partial charge >= 0.3 is 6.18 Å². The van der Waals surface area contributed by atoms with E-state index in [-0.39, 0.29) is 0 Å². The molecule has 1 aliphatic heterocycles. The second kappa shape index (κ2) is 3.75. The van der Waals surface area contributed by atoms with Crippen LogP contribution in [0.4, 0.5) is 13.2 Å². The second-order valence-electron chi connectivity index (χ2n) is 4.59. The van der Waals surface area contributed by atoms with Crippen LogP contribution in [0.3, 0.4) is 0 Å². The number of halogens is 3.